The Morgan fingerprint density at radius 2 is 1.56 bits per heavy atom. The Morgan fingerprint density at radius 1 is 0.960 bits per heavy atom. The van der Waals surface area contributed by atoms with Crippen LogP contribution in [0.4, 0.5) is 0 Å². The average Bonchev–Trinajstić information content (AvgIpc) is 2.61. The smallest absolute Gasteiger partial charge is 0.330 e. The molecule has 0 fully saturated rings. The molecule has 1 aromatic carbocycles. The van der Waals surface area contributed by atoms with Crippen LogP contribution in [-0.2, 0) is 25.5 Å². The fraction of sp³-hybridized carbons (Fsp3) is 0.286. The van der Waals surface area contributed by atoms with Crippen LogP contribution in [0.3, 0.4) is 0 Å². The molecule has 1 aromatic rings. The maximum atomic E-state index is 12.5. The lowest BCUT2D eigenvalue weighted by molar-refractivity contribution is -0.137. The third-order valence-electron chi connectivity index (χ3n) is 4.37. The molecule has 0 amide bonds. The molecule has 0 heterocycles. The molecule has 0 saturated carbocycles. The van der Waals surface area contributed by atoms with E-state index in [-0.39, 0.29) is 17.5 Å². The van der Waals surface area contributed by atoms with E-state index in [9.17, 15) is 14.4 Å². The summed E-state index contributed by atoms with van der Waals surface area (Å²) >= 11 is 0. The molecule has 4 heteroatoms. The van der Waals surface area contributed by atoms with E-state index in [4.69, 9.17) is 4.74 Å². The minimum atomic E-state index is -0.378. The summed E-state index contributed by atoms with van der Waals surface area (Å²) in [5.41, 5.74) is 3.95. The van der Waals surface area contributed by atoms with Gasteiger partial charge in [0.15, 0.2) is 11.6 Å². The molecule has 0 bridgehead atoms. The van der Waals surface area contributed by atoms with Crippen molar-refractivity contribution in [1.82, 2.24) is 0 Å². The first kappa shape index (κ1) is 18.6. The van der Waals surface area contributed by atoms with Crippen LogP contribution >= 0.6 is 0 Å². The number of hydrogen-bond acceptors (Lipinski definition) is 4. The van der Waals surface area contributed by atoms with Crippen LogP contribution in [0.1, 0.15) is 38.8 Å². The zero-order valence-electron chi connectivity index (χ0n) is 15.0. The number of allylic oxidation sites excluding steroid dienone is 4. The van der Waals surface area contributed by atoms with Crippen molar-refractivity contribution in [3.63, 3.8) is 0 Å². The fourth-order valence-corrected chi connectivity index (χ4v) is 2.67. The summed E-state index contributed by atoms with van der Waals surface area (Å²) in [4.78, 5) is 36.0. The first-order chi connectivity index (χ1) is 11.8. The predicted molar refractivity (Wildman–Crippen MR) is 96.9 cm³/mol. The Balaban J connectivity index is 2.15. The highest BCUT2D eigenvalue weighted by molar-refractivity contribution is 6.24. The van der Waals surface area contributed by atoms with E-state index >= 15 is 0 Å². The van der Waals surface area contributed by atoms with Crippen molar-refractivity contribution in [2.45, 2.75) is 34.1 Å². The largest absolute Gasteiger partial charge is 0.463 e. The zero-order valence-corrected chi connectivity index (χ0v) is 15.0. The normalized spacial score (nSPS) is 15.4. The third-order valence-corrected chi connectivity index (χ3v) is 4.37. The number of carbonyl (C=O) groups is 3. The van der Waals surface area contributed by atoms with Gasteiger partial charge in [0, 0.05) is 34.8 Å². The van der Waals surface area contributed by atoms with Gasteiger partial charge in [0.25, 0.3) is 0 Å². The highest BCUT2D eigenvalue weighted by atomic mass is 16.5. The van der Waals surface area contributed by atoms with Gasteiger partial charge in [-0.1, -0.05) is 24.3 Å². The van der Waals surface area contributed by atoms with E-state index in [0.717, 1.165) is 11.1 Å². The number of ketones is 2. The second kappa shape index (κ2) is 7.88. The molecule has 2 rings (SSSR count). The van der Waals surface area contributed by atoms with Crippen LogP contribution in [0.5, 0.6) is 0 Å². The lowest BCUT2D eigenvalue weighted by atomic mass is 9.83. The Bertz CT molecular complexity index is 805. The number of ether oxygens (including phenoxy) is 1. The second-order valence-electron chi connectivity index (χ2n) is 6.02. The van der Waals surface area contributed by atoms with E-state index in [1.807, 2.05) is 24.3 Å². The minimum Gasteiger partial charge on any atom is -0.463 e. The summed E-state index contributed by atoms with van der Waals surface area (Å²) in [6.07, 6.45) is 3.48. The van der Waals surface area contributed by atoms with Crippen molar-refractivity contribution >= 4 is 23.6 Å². The SMILES string of the molecule is CCOC(=O)C=Cc1ccc(CC2=C(C)C(=O)C(C)=C(C)C2=O)cc1. The highest BCUT2D eigenvalue weighted by Crippen LogP contribution is 2.26. The minimum absolute atomic E-state index is 0.0545. The lowest BCUT2D eigenvalue weighted by Crippen LogP contribution is -2.21. The number of carbonyl (C=O) groups excluding carboxylic acids is 3. The first-order valence-corrected chi connectivity index (χ1v) is 8.25. The van der Waals surface area contributed by atoms with Gasteiger partial charge >= 0.3 is 5.97 Å². The van der Waals surface area contributed by atoms with E-state index in [1.54, 1.807) is 33.8 Å². The number of benzene rings is 1. The van der Waals surface area contributed by atoms with Crippen LogP contribution < -0.4 is 0 Å². The number of Topliss-reactive ketones (excluding diaryl/α,β-unsaturated/α-hetero) is 2. The van der Waals surface area contributed by atoms with Gasteiger partial charge in [-0.05, 0) is 44.9 Å². The second-order valence-corrected chi connectivity index (χ2v) is 6.02. The molecular weight excluding hydrogens is 316 g/mol. The van der Waals surface area contributed by atoms with Gasteiger partial charge in [0.1, 0.15) is 0 Å². The van der Waals surface area contributed by atoms with E-state index in [2.05, 4.69) is 0 Å². The molecule has 0 aliphatic heterocycles. The fourth-order valence-electron chi connectivity index (χ4n) is 2.67. The molecule has 0 radical (unpaired) electrons. The molecule has 0 N–H and O–H groups in total. The van der Waals surface area contributed by atoms with Crippen molar-refractivity contribution < 1.29 is 19.1 Å². The maximum absolute atomic E-state index is 12.5. The molecule has 0 saturated heterocycles. The summed E-state index contributed by atoms with van der Waals surface area (Å²) in [6.45, 7) is 7.21. The van der Waals surface area contributed by atoms with Crippen LogP contribution in [-0.4, -0.2) is 24.1 Å². The summed E-state index contributed by atoms with van der Waals surface area (Å²) in [5.74, 6) is -0.488. The third kappa shape index (κ3) is 4.21. The zero-order chi connectivity index (χ0) is 18.6. The number of esters is 1. The van der Waals surface area contributed by atoms with Crippen LogP contribution in [0, 0.1) is 0 Å². The molecule has 4 nitrogen and oxygen atoms in total. The molecule has 0 unspecified atom stereocenters. The number of rotatable bonds is 5. The predicted octanol–water partition coefficient (Wildman–Crippen LogP) is 3.61. The van der Waals surface area contributed by atoms with Crippen LogP contribution in [0.25, 0.3) is 6.08 Å². The summed E-state index contributed by atoms with van der Waals surface area (Å²) < 4.78 is 4.83. The molecule has 0 aromatic heterocycles. The van der Waals surface area contributed by atoms with Gasteiger partial charge in [-0.3, -0.25) is 9.59 Å². The van der Waals surface area contributed by atoms with E-state index in [0.29, 0.717) is 35.3 Å². The molecule has 25 heavy (non-hydrogen) atoms. The summed E-state index contributed by atoms with van der Waals surface area (Å²) in [5, 5.41) is 0. The van der Waals surface area contributed by atoms with Crippen molar-refractivity contribution in [2.75, 3.05) is 6.61 Å². The van der Waals surface area contributed by atoms with Crippen molar-refractivity contribution in [3.05, 3.63) is 63.8 Å². The Morgan fingerprint density at radius 3 is 2.16 bits per heavy atom. The Hall–Kier alpha value is -2.75. The quantitative estimate of drug-likeness (QED) is 0.467. The molecule has 0 atom stereocenters. The summed E-state index contributed by atoms with van der Waals surface area (Å²) in [7, 11) is 0. The van der Waals surface area contributed by atoms with Crippen molar-refractivity contribution in [2.24, 2.45) is 0 Å². The Labute approximate surface area is 147 Å². The van der Waals surface area contributed by atoms with Crippen LogP contribution in [0.2, 0.25) is 0 Å². The monoisotopic (exact) mass is 338 g/mol. The van der Waals surface area contributed by atoms with Crippen molar-refractivity contribution in [3.8, 4) is 0 Å². The van der Waals surface area contributed by atoms with Crippen molar-refractivity contribution in [1.29, 1.82) is 0 Å². The van der Waals surface area contributed by atoms with E-state index in [1.165, 1.54) is 6.08 Å². The van der Waals surface area contributed by atoms with Gasteiger partial charge in [-0.2, -0.15) is 0 Å². The number of hydrogen-bond donors (Lipinski definition) is 0. The van der Waals surface area contributed by atoms with Crippen LogP contribution in [0.15, 0.2) is 52.6 Å². The maximum Gasteiger partial charge on any atom is 0.330 e. The molecule has 1 aliphatic rings. The van der Waals surface area contributed by atoms with Gasteiger partial charge in [-0.15, -0.1) is 0 Å². The van der Waals surface area contributed by atoms with Gasteiger partial charge in [0.05, 0.1) is 6.61 Å². The Kier molecular flexibility index (Phi) is 5.86. The average molecular weight is 338 g/mol. The first-order valence-electron chi connectivity index (χ1n) is 8.25. The molecular formula is C21H22O4. The van der Waals surface area contributed by atoms with Gasteiger partial charge in [-0.25, -0.2) is 4.79 Å². The topological polar surface area (TPSA) is 60.4 Å². The summed E-state index contributed by atoms with van der Waals surface area (Å²) in [6, 6.07) is 7.51. The standard InChI is InChI=1S/C21H22O4/c1-5-25-19(22)11-10-16-6-8-17(9-7-16)12-18-15(4)20(23)13(2)14(3)21(18)24/h6-11H,5,12H2,1-4H3. The molecule has 0 spiro atoms. The molecule has 130 valence electrons. The highest BCUT2D eigenvalue weighted by Gasteiger charge is 2.27. The molecule has 1 aliphatic carbocycles. The lowest BCUT2D eigenvalue weighted by Gasteiger charge is -2.18. The van der Waals surface area contributed by atoms with Gasteiger partial charge in [0.2, 0.25) is 0 Å². The van der Waals surface area contributed by atoms with Gasteiger partial charge < -0.3 is 4.74 Å². The van der Waals surface area contributed by atoms with E-state index < -0.39 is 0 Å².